The van der Waals surface area contributed by atoms with Crippen LogP contribution in [0.5, 0.6) is 0 Å². The molecule has 2 aromatic rings. The molecule has 0 bridgehead atoms. The van der Waals surface area contributed by atoms with Crippen LogP contribution in [0.3, 0.4) is 0 Å². The summed E-state index contributed by atoms with van der Waals surface area (Å²) in [6, 6.07) is 11.6. The van der Waals surface area contributed by atoms with E-state index >= 15 is 0 Å². The monoisotopic (exact) mass is 384 g/mol. The van der Waals surface area contributed by atoms with Gasteiger partial charge < -0.3 is 0 Å². The number of alkyl halides is 2. The van der Waals surface area contributed by atoms with Gasteiger partial charge >= 0.3 is 0 Å². The Labute approximate surface area is 128 Å². The smallest absolute Gasteiger partial charge is 0.193 e. The van der Waals surface area contributed by atoms with Crippen molar-refractivity contribution in [2.75, 3.05) is 0 Å². The number of carbonyl (C=O) groups is 1. The Morgan fingerprint density at radius 3 is 2.26 bits per heavy atom. The number of rotatable bonds is 4. The third-order valence-corrected chi connectivity index (χ3v) is 4.07. The number of hydrogen-bond acceptors (Lipinski definition) is 1. The van der Waals surface area contributed by atoms with Gasteiger partial charge in [-0.2, -0.15) is 0 Å². The summed E-state index contributed by atoms with van der Waals surface area (Å²) >= 11 is 6.69. The van der Waals surface area contributed by atoms with Gasteiger partial charge in [-0.05, 0) is 23.3 Å². The third kappa shape index (κ3) is 3.12. The van der Waals surface area contributed by atoms with E-state index < -0.39 is 5.82 Å². The summed E-state index contributed by atoms with van der Waals surface area (Å²) in [6.07, 6.45) is 0. The predicted molar refractivity (Wildman–Crippen MR) is 81.5 cm³/mol. The highest BCUT2D eigenvalue weighted by Crippen LogP contribution is 2.21. The van der Waals surface area contributed by atoms with Gasteiger partial charge in [0.05, 0.1) is 0 Å². The van der Waals surface area contributed by atoms with Gasteiger partial charge in [0.1, 0.15) is 5.82 Å². The van der Waals surface area contributed by atoms with Crippen LogP contribution in [0.2, 0.25) is 0 Å². The van der Waals surface area contributed by atoms with E-state index in [4.69, 9.17) is 0 Å². The molecule has 4 heteroatoms. The molecular weight excluding hydrogens is 375 g/mol. The van der Waals surface area contributed by atoms with Gasteiger partial charge in [0.15, 0.2) is 5.78 Å². The van der Waals surface area contributed by atoms with Crippen LogP contribution in [0.1, 0.15) is 27.0 Å². The van der Waals surface area contributed by atoms with Crippen molar-refractivity contribution in [3.05, 3.63) is 70.5 Å². The van der Waals surface area contributed by atoms with Crippen molar-refractivity contribution in [1.29, 1.82) is 0 Å². The first-order valence-electron chi connectivity index (χ1n) is 5.70. The number of hydrogen-bond donors (Lipinski definition) is 0. The van der Waals surface area contributed by atoms with Crippen LogP contribution in [0.4, 0.5) is 4.39 Å². The highest BCUT2D eigenvalue weighted by Gasteiger charge is 2.16. The van der Waals surface area contributed by atoms with Crippen LogP contribution in [-0.4, -0.2) is 5.78 Å². The molecule has 0 aliphatic rings. The molecule has 19 heavy (non-hydrogen) atoms. The molecule has 0 aliphatic carbocycles. The predicted octanol–water partition coefficient (Wildman–Crippen LogP) is 4.85. The number of ketones is 1. The van der Waals surface area contributed by atoms with Crippen molar-refractivity contribution in [1.82, 2.24) is 0 Å². The van der Waals surface area contributed by atoms with Crippen LogP contribution < -0.4 is 0 Å². The highest BCUT2D eigenvalue weighted by molar-refractivity contribution is 9.08. The van der Waals surface area contributed by atoms with E-state index in [1.54, 1.807) is 12.1 Å². The molecule has 0 N–H and O–H groups in total. The Kier molecular flexibility index (Phi) is 4.88. The van der Waals surface area contributed by atoms with Crippen molar-refractivity contribution in [3.63, 3.8) is 0 Å². The van der Waals surface area contributed by atoms with E-state index in [1.165, 1.54) is 12.1 Å². The first kappa shape index (κ1) is 14.4. The molecule has 0 heterocycles. The van der Waals surface area contributed by atoms with Crippen molar-refractivity contribution in [3.8, 4) is 0 Å². The maximum atomic E-state index is 13.4. The van der Waals surface area contributed by atoms with Crippen molar-refractivity contribution < 1.29 is 9.18 Å². The minimum Gasteiger partial charge on any atom is -0.289 e. The molecule has 0 fully saturated rings. The molecule has 2 rings (SSSR count). The second-order valence-electron chi connectivity index (χ2n) is 4.06. The Hall–Kier alpha value is -1.00. The van der Waals surface area contributed by atoms with E-state index in [9.17, 15) is 9.18 Å². The van der Waals surface area contributed by atoms with Gasteiger partial charge in [0.2, 0.25) is 0 Å². The van der Waals surface area contributed by atoms with E-state index in [2.05, 4.69) is 31.9 Å². The summed E-state index contributed by atoms with van der Waals surface area (Å²) in [7, 11) is 0. The lowest BCUT2D eigenvalue weighted by Crippen LogP contribution is -2.07. The maximum Gasteiger partial charge on any atom is 0.193 e. The van der Waals surface area contributed by atoms with Crippen LogP contribution in [0.15, 0.2) is 42.5 Å². The molecular formula is C15H11Br2FO. The van der Waals surface area contributed by atoms with E-state index in [0.717, 1.165) is 11.1 Å². The Bertz CT molecular complexity index is 611. The van der Waals surface area contributed by atoms with Crippen LogP contribution in [0.25, 0.3) is 0 Å². The zero-order valence-corrected chi connectivity index (χ0v) is 13.2. The summed E-state index contributed by atoms with van der Waals surface area (Å²) in [5.74, 6) is -0.548. The van der Waals surface area contributed by atoms with E-state index in [1.807, 2.05) is 18.2 Å². The summed E-state index contributed by atoms with van der Waals surface area (Å²) in [5.41, 5.74) is 2.70. The maximum absolute atomic E-state index is 13.4. The summed E-state index contributed by atoms with van der Waals surface area (Å²) in [4.78, 5) is 12.5. The molecule has 0 atom stereocenters. The SMILES string of the molecule is O=C(c1ccccc1CBr)c1cc(F)ccc1CBr. The van der Waals surface area contributed by atoms with E-state index in [0.29, 0.717) is 21.8 Å². The zero-order valence-electron chi connectivity index (χ0n) is 10.00. The second-order valence-corrected chi connectivity index (χ2v) is 5.18. The normalized spacial score (nSPS) is 10.5. The fourth-order valence-electron chi connectivity index (χ4n) is 1.88. The molecule has 0 aromatic heterocycles. The largest absolute Gasteiger partial charge is 0.289 e. The topological polar surface area (TPSA) is 17.1 Å². The lowest BCUT2D eigenvalue weighted by atomic mass is 9.96. The van der Waals surface area contributed by atoms with Gasteiger partial charge in [-0.25, -0.2) is 4.39 Å². The minimum atomic E-state index is -0.399. The zero-order chi connectivity index (χ0) is 13.8. The van der Waals surface area contributed by atoms with Gasteiger partial charge in [-0.15, -0.1) is 0 Å². The molecule has 1 nitrogen and oxygen atoms in total. The second kappa shape index (κ2) is 6.44. The molecule has 0 unspecified atom stereocenters. The molecule has 98 valence electrons. The number of carbonyl (C=O) groups excluding carboxylic acids is 1. The van der Waals surface area contributed by atoms with Gasteiger partial charge in [-0.3, -0.25) is 4.79 Å². The average molecular weight is 386 g/mol. The lowest BCUT2D eigenvalue weighted by Gasteiger charge is -2.09. The van der Waals surface area contributed by atoms with Crippen LogP contribution >= 0.6 is 31.9 Å². The third-order valence-electron chi connectivity index (χ3n) is 2.87. The number of benzene rings is 2. The van der Waals surface area contributed by atoms with Gasteiger partial charge in [-0.1, -0.05) is 62.2 Å². The van der Waals surface area contributed by atoms with Crippen molar-refractivity contribution in [2.24, 2.45) is 0 Å². The number of halogens is 3. The molecule has 2 aromatic carbocycles. The summed E-state index contributed by atoms with van der Waals surface area (Å²) in [6.45, 7) is 0. The molecule has 0 spiro atoms. The van der Waals surface area contributed by atoms with Gasteiger partial charge in [0.25, 0.3) is 0 Å². The van der Waals surface area contributed by atoms with Crippen LogP contribution in [-0.2, 0) is 10.7 Å². The standard InChI is InChI=1S/C15H11Br2FO/c16-8-10-3-1-2-4-13(10)15(19)14-7-12(18)6-5-11(14)9-17/h1-7H,8-9H2. The minimum absolute atomic E-state index is 0.149. The van der Waals surface area contributed by atoms with Crippen molar-refractivity contribution in [2.45, 2.75) is 10.7 Å². The summed E-state index contributed by atoms with van der Waals surface area (Å²) < 4.78 is 13.4. The summed E-state index contributed by atoms with van der Waals surface area (Å²) in [5, 5.41) is 1.11. The fraction of sp³-hybridized carbons (Fsp3) is 0.133. The fourth-order valence-corrected chi connectivity index (χ4v) is 2.86. The first-order chi connectivity index (χ1) is 9.17. The average Bonchev–Trinajstić information content (AvgIpc) is 2.46. The molecule has 0 saturated carbocycles. The molecule has 0 aliphatic heterocycles. The molecule has 0 amide bonds. The van der Waals surface area contributed by atoms with Gasteiger partial charge in [0, 0.05) is 21.8 Å². The first-order valence-corrected chi connectivity index (χ1v) is 7.94. The van der Waals surface area contributed by atoms with E-state index in [-0.39, 0.29) is 5.78 Å². The Balaban J connectivity index is 2.52. The Morgan fingerprint density at radius 1 is 0.947 bits per heavy atom. The lowest BCUT2D eigenvalue weighted by molar-refractivity contribution is 0.103. The Morgan fingerprint density at radius 2 is 1.58 bits per heavy atom. The molecule has 0 radical (unpaired) electrons. The van der Waals surface area contributed by atoms with Crippen LogP contribution in [0, 0.1) is 5.82 Å². The molecule has 0 saturated heterocycles. The quantitative estimate of drug-likeness (QED) is 0.543. The highest BCUT2D eigenvalue weighted by atomic mass is 79.9. The van der Waals surface area contributed by atoms with Crippen molar-refractivity contribution >= 4 is 37.6 Å².